The smallest absolute Gasteiger partial charge is 0.354 e. The van der Waals surface area contributed by atoms with E-state index < -0.39 is 16.0 Å². The Morgan fingerprint density at radius 3 is 2.60 bits per heavy atom. The van der Waals surface area contributed by atoms with E-state index in [0.717, 1.165) is 0 Å². The maximum atomic E-state index is 11.3. The molecule has 0 saturated heterocycles. The first-order valence-electron chi connectivity index (χ1n) is 4.22. The molecule has 1 aromatic rings. The fourth-order valence-corrected chi connectivity index (χ4v) is 1.68. The molecule has 0 spiro atoms. The minimum atomic E-state index is -3.78. The van der Waals surface area contributed by atoms with Gasteiger partial charge in [0.2, 0.25) is 10.0 Å². The minimum absolute atomic E-state index is 0.104. The zero-order valence-electron chi connectivity index (χ0n) is 8.43. The van der Waals surface area contributed by atoms with Crippen molar-refractivity contribution in [1.82, 2.24) is 4.57 Å². The molecule has 0 fully saturated rings. The average molecular weight is 232 g/mol. The number of carbonyl (C=O) groups is 1. The molecule has 84 valence electrons. The highest BCUT2D eigenvalue weighted by molar-refractivity contribution is 7.89. The Morgan fingerprint density at radius 2 is 2.20 bits per heavy atom. The number of sulfonamides is 1. The van der Waals surface area contributed by atoms with Gasteiger partial charge in [-0.1, -0.05) is 0 Å². The average Bonchev–Trinajstić information content (AvgIpc) is 2.47. The van der Waals surface area contributed by atoms with Gasteiger partial charge >= 0.3 is 5.97 Å². The topological polar surface area (TPSA) is 91.4 Å². The summed E-state index contributed by atoms with van der Waals surface area (Å²) in [6.45, 7) is 1.90. The molecule has 0 aliphatic heterocycles. The lowest BCUT2D eigenvalue weighted by atomic mass is 10.4. The zero-order valence-corrected chi connectivity index (χ0v) is 9.24. The summed E-state index contributed by atoms with van der Waals surface area (Å²) in [5.41, 5.74) is 0.154. The number of nitrogens with two attached hydrogens (primary N) is 1. The van der Waals surface area contributed by atoms with Crippen LogP contribution in [0.3, 0.4) is 0 Å². The van der Waals surface area contributed by atoms with Crippen LogP contribution in [0.2, 0.25) is 0 Å². The number of esters is 1. The van der Waals surface area contributed by atoms with Crippen LogP contribution in [0.1, 0.15) is 17.4 Å². The summed E-state index contributed by atoms with van der Waals surface area (Å²) in [5.74, 6) is -0.574. The van der Waals surface area contributed by atoms with Gasteiger partial charge in [0.15, 0.2) is 0 Å². The second kappa shape index (κ2) is 4.03. The lowest BCUT2D eigenvalue weighted by Gasteiger charge is -2.01. The highest BCUT2D eigenvalue weighted by Crippen LogP contribution is 2.12. The summed E-state index contributed by atoms with van der Waals surface area (Å²) in [6.07, 6.45) is 1.27. The number of carbonyl (C=O) groups excluding carboxylic acids is 1. The summed E-state index contributed by atoms with van der Waals surface area (Å²) < 4.78 is 28.1. The first-order valence-corrected chi connectivity index (χ1v) is 5.77. The lowest BCUT2D eigenvalue weighted by Crippen LogP contribution is -2.11. The summed E-state index contributed by atoms with van der Waals surface area (Å²) in [4.78, 5) is 11.2. The summed E-state index contributed by atoms with van der Waals surface area (Å²) in [7, 11) is -2.24. The molecule has 2 N–H and O–H groups in total. The Hall–Kier alpha value is -1.34. The molecule has 0 amide bonds. The summed E-state index contributed by atoms with van der Waals surface area (Å²) in [6, 6.07) is 1.19. The molecule has 1 aromatic heterocycles. The third-order valence-corrected chi connectivity index (χ3v) is 2.67. The maximum Gasteiger partial charge on any atom is 0.354 e. The Kier molecular flexibility index (Phi) is 3.15. The highest BCUT2D eigenvalue weighted by atomic mass is 32.2. The molecule has 15 heavy (non-hydrogen) atoms. The molecule has 0 bridgehead atoms. The van der Waals surface area contributed by atoms with Crippen LogP contribution in [-0.2, 0) is 21.8 Å². The van der Waals surface area contributed by atoms with Crippen molar-refractivity contribution in [2.45, 2.75) is 11.8 Å². The Bertz CT molecular complexity index is 475. The van der Waals surface area contributed by atoms with Crippen LogP contribution in [0, 0.1) is 0 Å². The molecule has 0 saturated carbocycles. The van der Waals surface area contributed by atoms with Gasteiger partial charge in [0.25, 0.3) is 0 Å². The van der Waals surface area contributed by atoms with Crippen LogP contribution >= 0.6 is 0 Å². The van der Waals surface area contributed by atoms with Gasteiger partial charge in [0, 0.05) is 13.2 Å². The fourth-order valence-electron chi connectivity index (χ4n) is 1.10. The van der Waals surface area contributed by atoms with E-state index in [1.54, 1.807) is 14.0 Å². The van der Waals surface area contributed by atoms with E-state index in [1.165, 1.54) is 16.8 Å². The Morgan fingerprint density at radius 1 is 1.60 bits per heavy atom. The lowest BCUT2D eigenvalue weighted by molar-refractivity contribution is 0.0515. The molecule has 1 heterocycles. The second-order valence-corrected chi connectivity index (χ2v) is 4.50. The zero-order chi connectivity index (χ0) is 11.6. The normalized spacial score (nSPS) is 11.4. The van der Waals surface area contributed by atoms with Gasteiger partial charge in [0.05, 0.1) is 6.61 Å². The molecule has 0 aliphatic carbocycles. The maximum absolute atomic E-state index is 11.3. The van der Waals surface area contributed by atoms with Crippen molar-refractivity contribution in [2.24, 2.45) is 12.2 Å². The van der Waals surface area contributed by atoms with Crippen LogP contribution in [0.4, 0.5) is 0 Å². The van der Waals surface area contributed by atoms with Gasteiger partial charge in [-0.2, -0.15) is 0 Å². The van der Waals surface area contributed by atoms with Crippen LogP contribution in [0.5, 0.6) is 0 Å². The second-order valence-electron chi connectivity index (χ2n) is 2.94. The molecule has 0 unspecified atom stereocenters. The monoisotopic (exact) mass is 232 g/mol. The minimum Gasteiger partial charge on any atom is -0.461 e. The molecule has 6 nitrogen and oxygen atoms in total. The Labute approximate surface area is 87.7 Å². The third kappa shape index (κ3) is 2.57. The number of rotatable bonds is 3. The number of primary sulfonamides is 1. The van der Waals surface area contributed by atoms with Gasteiger partial charge in [0.1, 0.15) is 10.6 Å². The van der Waals surface area contributed by atoms with Crippen LogP contribution < -0.4 is 5.14 Å². The summed E-state index contributed by atoms with van der Waals surface area (Å²) >= 11 is 0. The molecule has 0 atom stereocenters. The van der Waals surface area contributed by atoms with E-state index in [4.69, 9.17) is 9.88 Å². The highest BCUT2D eigenvalue weighted by Gasteiger charge is 2.17. The summed E-state index contributed by atoms with van der Waals surface area (Å²) in [5, 5.41) is 4.92. The van der Waals surface area contributed by atoms with Crippen molar-refractivity contribution >= 4 is 16.0 Å². The van der Waals surface area contributed by atoms with Crippen molar-refractivity contribution in [2.75, 3.05) is 6.61 Å². The van der Waals surface area contributed by atoms with Crippen LogP contribution in [0.25, 0.3) is 0 Å². The SMILES string of the molecule is CCOC(=O)c1cc(S(N)(=O)=O)cn1C. The number of ether oxygens (including phenoxy) is 1. The molecular formula is C8H12N2O4S. The van der Waals surface area contributed by atoms with E-state index in [2.05, 4.69) is 0 Å². The third-order valence-electron chi connectivity index (χ3n) is 1.79. The molecule has 0 aromatic carbocycles. The first-order chi connectivity index (χ1) is 6.86. The Balaban J connectivity index is 3.13. The van der Waals surface area contributed by atoms with Gasteiger partial charge in [-0.05, 0) is 13.0 Å². The van der Waals surface area contributed by atoms with Crippen molar-refractivity contribution in [3.63, 3.8) is 0 Å². The van der Waals surface area contributed by atoms with Gasteiger partial charge in [-0.15, -0.1) is 0 Å². The van der Waals surface area contributed by atoms with Gasteiger partial charge in [-0.25, -0.2) is 18.4 Å². The molecule has 0 radical (unpaired) electrons. The van der Waals surface area contributed by atoms with Crippen molar-refractivity contribution in [3.8, 4) is 0 Å². The molecule has 7 heteroatoms. The fraction of sp³-hybridized carbons (Fsp3) is 0.375. The van der Waals surface area contributed by atoms with Crippen molar-refractivity contribution in [1.29, 1.82) is 0 Å². The van der Waals surface area contributed by atoms with Crippen molar-refractivity contribution in [3.05, 3.63) is 18.0 Å². The standard InChI is InChI=1S/C8H12N2O4S/c1-3-14-8(11)7-4-6(5-10(7)2)15(9,12)13/h4-5H,3H2,1-2H3,(H2,9,12,13). The number of hydrogen-bond donors (Lipinski definition) is 1. The van der Waals surface area contributed by atoms with E-state index in [-0.39, 0.29) is 17.2 Å². The number of aryl methyl sites for hydroxylation is 1. The molecule has 0 aliphatic rings. The molecular weight excluding hydrogens is 220 g/mol. The van der Waals surface area contributed by atoms with E-state index >= 15 is 0 Å². The van der Waals surface area contributed by atoms with E-state index in [9.17, 15) is 13.2 Å². The van der Waals surface area contributed by atoms with E-state index in [1.807, 2.05) is 0 Å². The predicted molar refractivity (Wildman–Crippen MR) is 52.7 cm³/mol. The number of aromatic nitrogens is 1. The number of nitrogens with zero attached hydrogens (tertiary/aromatic N) is 1. The van der Waals surface area contributed by atoms with E-state index in [0.29, 0.717) is 0 Å². The predicted octanol–water partition coefficient (Wildman–Crippen LogP) is -0.151. The van der Waals surface area contributed by atoms with Gasteiger partial charge in [-0.3, -0.25) is 0 Å². The van der Waals surface area contributed by atoms with Crippen LogP contribution in [0.15, 0.2) is 17.2 Å². The first kappa shape index (κ1) is 11.7. The van der Waals surface area contributed by atoms with Crippen LogP contribution in [-0.4, -0.2) is 25.6 Å². The quantitative estimate of drug-likeness (QED) is 0.733. The van der Waals surface area contributed by atoms with Gasteiger partial charge < -0.3 is 9.30 Å². The molecule has 1 rings (SSSR count). The number of hydrogen-bond acceptors (Lipinski definition) is 4. The van der Waals surface area contributed by atoms with Crippen molar-refractivity contribution < 1.29 is 17.9 Å². The largest absolute Gasteiger partial charge is 0.461 e.